The molecule has 0 bridgehead atoms. The maximum Gasteiger partial charge on any atom is 0.313 e. The minimum atomic E-state index is -0.314. The number of imidazole rings is 1. The molecule has 0 radical (unpaired) electrons. The summed E-state index contributed by atoms with van der Waals surface area (Å²) in [6.07, 6.45) is 3.56. The number of carbonyl (C=O) groups excluding carboxylic acids is 1. The Balaban J connectivity index is 0.00000141. The number of benzene rings is 2. The predicted octanol–water partition coefficient (Wildman–Crippen LogP) is 5.36. The molecule has 0 spiro atoms. The molecule has 1 N–H and O–H groups in total. The zero-order valence-corrected chi connectivity index (χ0v) is 18.8. The lowest BCUT2D eigenvalue weighted by Gasteiger charge is -2.07. The molecule has 7 heteroatoms. The molecule has 32 heavy (non-hydrogen) atoms. The third kappa shape index (κ3) is 5.06. The fraction of sp³-hybridized carbons (Fsp3) is 0.240. The van der Waals surface area contributed by atoms with E-state index in [1.807, 2.05) is 72.8 Å². The van der Waals surface area contributed by atoms with Crippen LogP contribution in [-0.4, -0.2) is 34.0 Å². The van der Waals surface area contributed by atoms with Gasteiger partial charge in [0.15, 0.2) is 5.82 Å². The van der Waals surface area contributed by atoms with Crippen LogP contribution in [0.15, 0.2) is 67.0 Å². The number of para-hydroxylation sites is 1. The molecular formula is C25H28N4O3. The number of nitrogens with zero attached hydrogens (tertiary/aromatic N) is 3. The second-order valence-electron chi connectivity index (χ2n) is 6.54. The summed E-state index contributed by atoms with van der Waals surface area (Å²) in [5, 5.41) is 3.10. The van der Waals surface area contributed by atoms with Gasteiger partial charge in [0.25, 0.3) is 0 Å². The van der Waals surface area contributed by atoms with Gasteiger partial charge in [0.2, 0.25) is 0 Å². The van der Waals surface area contributed by atoms with E-state index in [1.54, 1.807) is 26.4 Å². The van der Waals surface area contributed by atoms with Crippen molar-refractivity contribution in [2.75, 3.05) is 19.0 Å². The Labute approximate surface area is 188 Å². The van der Waals surface area contributed by atoms with E-state index in [-0.39, 0.29) is 12.4 Å². The summed E-state index contributed by atoms with van der Waals surface area (Å²) in [5.41, 5.74) is 2.43. The van der Waals surface area contributed by atoms with Crippen molar-refractivity contribution in [3.05, 3.63) is 72.8 Å². The van der Waals surface area contributed by atoms with Crippen molar-refractivity contribution in [3.8, 4) is 22.8 Å². The van der Waals surface area contributed by atoms with Crippen LogP contribution in [-0.2, 0) is 16.0 Å². The quantitative estimate of drug-likeness (QED) is 0.396. The summed E-state index contributed by atoms with van der Waals surface area (Å²) >= 11 is 0. The summed E-state index contributed by atoms with van der Waals surface area (Å²) < 4.78 is 12.8. The highest BCUT2D eigenvalue weighted by atomic mass is 16.5. The molecule has 0 fully saturated rings. The topological polar surface area (TPSA) is 77.8 Å². The Morgan fingerprint density at radius 1 is 1.03 bits per heavy atom. The fourth-order valence-corrected chi connectivity index (χ4v) is 3.26. The lowest BCUT2D eigenvalue weighted by molar-refractivity contribution is -0.142. The Morgan fingerprint density at radius 2 is 1.72 bits per heavy atom. The smallest absolute Gasteiger partial charge is 0.313 e. The van der Waals surface area contributed by atoms with Crippen LogP contribution in [0, 0.1) is 0 Å². The first-order chi connectivity index (χ1) is 15.7. The second-order valence-corrected chi connectivity index (χ2v) is 6.54. The monoisotopic (exact) mass is 432 g/mol. The lowest BCUT2D eigenvalue weighted by atomic mass is 10.1. The average Bonchev–Trinajstić information content (AvgIpc) is 3.20. The van der Waals surface area contributed by atoms with Crippen molar-refractivity contribution < 1.29 is 14.3 Å². The van der Waals surface area contributed by atoms with E-state index in [2.05, 4.69) is 10.3 Å². The van der Waals surface area contributed by atoms with Crippen molar-refractivity contribution in [3.63, 3.8) is 0 Å². The zero-order valence-electron chi connectivity index (χ0n) is 18.8. The molecule has 0 aliphatic rings. The fourth-order valence-electron chi connectivity index (χ4n) is 3.26. The van der Waals surface area contributed by atoms with E-state index in [0.29, 0.717) is 18.2 Å². The first-order valence-corrected chi connectivity index (χ1v) is 10.7. The molecule has 2 heterocycles. The number of hydrogen-bond acceptors (Lipinski definition) is 6. The number of hydrogen-bond donors (Lipinski definition) is 1. The number of ether oxygens (including phenoxy) is 2. The molecule has 0 saturated heterocycles. The summed E-state index contributed by atoms with van der Waals surface area (Å²) in [5.74, 6) is 2.47. The van der Waals surface area contributed by atoms with Gasteiger partial charge in [0.1, 0.15) is 35.0 Å². The third-order valence-electron chi connectivity index (χ3n) is 4.58. The normalized spacial score (nSPS) is 10.2. The first kappa shape index (κ1) is 22.8. The highest BCUT2D eigenvalue weighted by molar-refractivity contribution is 5.87. The van der Waals surface area contributed by atoms with Gasteiger partial charge < -0.3 is 14.8 Å². The number of nitrogens with one attached hydrogen (secondary N) is 1. The van der Waals surface area contributed by atoms with Crippen LogP contribution in [0.3, 0.4) is 0 Å². The molecule has 4 rings (SSSR count). The van der Waals surface area contributed by atoms with E-state index in [4.69, 9.17) is 14.5 Å². The number of rotatable bonds is 7. The Kier molecular flexibility index (Phi) is 7.80. The molecule has 0 saturated carbocycles. The summed E-state index contributed by atoms with van der Waals surface area (Å²) in [4.78, 5) is 21.2. The van der Waals surface area contributed by atoms with Gasteiger partial charge in [-0.25, -0.2) is 9.97 Å². The Morgan fingerprint density at radius 3 is 2.38 bits per heavy atom. The van der Waals surface area contributed by atoms with Crippen molar-refractivity contribution in [1.82, 2.24) is 14.4 Å². The highest BCUT2D eigenvalue weighted by Crippen LogP contribution is 2.31. The molecular weight excluding hydrogens is 404 g/mol. The van der Waals surface area contributed by atoms with Gasteiger partial charge in [-0.1, -0.05) is 32.0 Å². The van der Waals surface area contributed by atoms with E-state index in [9.17, 15) is 4.79 Å². The number of esters is 1. The van der Waals surface area contributed by atoms with Gasteiger partial charge in [0, 0.05) is 25.0 Å². The predicted molar refractivity (Wildman–Crippen MR) is 126 cm³/mol. The summed E-state index contributed by atoms with van der Waals surface area (Å²) in [6, 6.07) is 17.3. The molecule has 0 unspecified atom stereocenters. The van der Waals surface area contributed by atoms with Crippen molar-refractivity contribution in [2.24, 2.45) is 0 Å². The maximum atomic E-state index is 12.1. The first-order valence-electron chi connectivity index (χ1n) is 10.7. The zero-order chi connectivity index (χ0) is 22.9. The van der Waals surface area contributed by atoms with Crippen molar-refractivity contribution >= 4 is 17.3 Å². The van der Waals surface area contributed by atoms with Gasteiger partial charge >= 0.3 is 5.97 Å². The molecule has 7 nitrogen and oxygen atoms in total. The van der Waals surface area contributed by atoms with Crippen LogP contribution >= 0.6 is 0 Å². The van der Waals surface area contributed by atoms with Crippen LogP contribution < -0.4 is 10.1 Å². The largest absolute Gasteiger partial charge is 0.466 e. The average molecular weight is 433 g/mol. The van der Waals surface area contributed by atoms with Gasteiger partial charge in [-0.3, -0.25) is 9.20 Å². The SMILES string of the molecule is CC.CCOC(=O)Cc1nc(-c2ccc(Oc3ccccc3)cc2)c2c(NC)nccn12. The van der Waals surface area contributed by atoms with Crippen molar-refractivity contribution in [2.45, 2.75) is 27.2 Å². The van der Waals surface area contributed by atoms with Crippen molar-refractivity contribution in [1.29, 1.82) is 0 Å². The van der Waals surface area contributed by atoms with Gasteiger partial charge in [-0.05, 0) is 43.3 Å². The van der Waals surface area contributed by atoms with Crippen LogP contribution in [0.4, 0.5) is 5.82 Å². The maximum absolute atomic E-state index is 12.1. The lowest BCUT2D eigenvalue weighted by Crippen LogP contribution is -2.10. The highest BCUT2D eigenvalue weighted by Gasteiger charge is 2.19. The molecule has 0 aliphatic heterocycles. The summed E-state index contributed by atoms with van der Waals surface area (Å²) in [6.45, 7) is 6.12. The van der Waals surface area contributed by atoms with Gasteiger partial charge in [0.05, 0.1) is 6.61 Å². The second kappa shape index (κ2) is 10.9. The molecule has 0 aliphatic carbocycles. The molecule has 0 amide bonds. The molecule has 2 aromatic carbocycles. The molecule has 166 valence electrons. The Bertz CT molecular complexity index is 1160. The van der Waals surface area contributed by atoms with Gasteiger partial charge in [-0.15, -0.1) is 0 Å². The van der Waals surface area contributed by atoms with E-state index in [1.165, 1.54) is 0 Å². The standard InChI is InChI=1S/C23H22N4O3.C2H6/c1-3-29-20(28)15-19-26-21(22-23(24-2)25-13-14-27(19)22)16-9-11-18(12-10-16)30-17-7-5-4-6-8-17;1-2/h4-14H,3,15H2,1-2H3,(H,24,25);1-2H3. The van der Waals surface area contributed by atoms with E-state index < -0.39 is 0 Å². The van der Waals surface area contributed by atoms with E-state index in [0.717, 1.165) is 28.3 Å². The molecule has 0 atom stereocenters. The van der Waals surface area contributed by atoms with Crippen LogP contribution in [0.1, 0.15) is 26.6 Å². The minimum absolute atomic E-state index is 0.0807. The number of anilines is 1. The van der Waals surface area contributed by atoms with Crippen LogP contribution in [0.5, 0.6) is 11.5 Å². The van der Waals surface area contributed by atoms with Crippen LogP contribution in [0.25, 0.3) is 16.8 Å². The Hall–Kier alpha value is -3.87. The minimum Gasteiger partial charge on any atom is -0.466 e. The van der Waals surface area contributed by atoms with Crippen LogP contribution in [0.2, 0.25) is 0 Å². The van der Waals surface area contributed by atoms with Gasteiger partial charge in [-0.2, -0.15) is 0 Å². The summed E-state index contributed by atoms with van der Waals surface area (Å²) in [7, 11) is 1.81. The number of carbonyl (C=O) groups is 1. The molecule has 4 aromatic rings. The van der Waals surface area contributed by atoms with E-state index >= 15 is 0 Å². The number of fused-ring (bicyclic) bond motifs is 1. The number of aromatic nitrogens is 3. The molecule has 2 aromatic heterocycles. The third-order valence-corrected chi connectivity index (χ3v) is 4.58.